The van der Waals surface area contributed by atoms with Crippen LogP contribution in [0, 0.1) is 17.8 Å². The molecule has 1 saturated carbocycles. The quantitative estimate of drug-likeness (QED) is 0.745. The molecule has 0 aromatic carbocycles. The minimum atomic E-state index is 0.339. The van der Waals surface area contributed by atoms with Gasteiger partial charge in [0.2, 0.25) is 0 Å². The average Bonchev–Trinajstić information content (AvgIpc) is 2.49. The van der Waals surface area contributed by atoms with Crippen LogP contribution in [0.3, 0.4) is 0 Å². The van der Waals surface area contributed by atoms with Gasteiger partial charge in [-0.2, -0.15) is 0 Å². The van der Waals surface area contributed by atoms with Crippen molar-refractivity contribution in [1.82, 2.24) is 4.90 Å². The van der Waals surface area contributed by atoms with Gasteiger partial charge in [-0.1, -0.05) is 6.92 Å². The van der Waals surface area contributed by atoms with Crippen LogP contribution in [0.15, 0.2) is 0 Å². The molecule has 1 atom stereocenters. The second kappa shape index (κ2) is 4.63. The molecule has 3 aliphatic rings. The van der Waals surface area contributed by atoms with Crippen molar-refractivity contribution in [2.24, 2.45) is 17.8 Å². The van der Waals surface area contributed by atoms with Crippen molar-refractivity contribution in [2.45, 2.75) is 32.6 Å². The average molecular weight is 197 g/mol. The topological polar surface area (TPSA) is 23.5 Å². The van der Waals surface area contributed by atoms with Crippen LogP contribution in [-0.4, -0.2) is 36.2 Å². The molecule has 2 saturated heterocycles. The van der Waals surface area contributed by atoms with Crippen molar-refractivity contribution in [3.8, 4) is 0 Å². The van der Waals surface area contributed by atoms with E-state index in [0.717, 1.165) is 18.4 Å². The Morgan fingerprint density at radius 2 is 1.64 bits per heavy atom. The Hall–Kier alpha value is -0.0800. The minimum absolute atomic E-state index is 0.339. The van der Waals surface area contributed by atoms with E-state index in [1.807, 2.05) is 0 Å². The number of fused-ring (bicyclic) bond motifs is 4. The fourth-order valence-corrected chi connectivity index (χ4v) is 3.05. The van der Waals surface area contributed by atoms with E-state index in [1.165, 1.54) is 38.8 Å². The van der Waals surface area contributed by atoms with Crippen LogP contribution < -0.4 is 0 Å². The molecule has 14 heavy (non-hydrogen) atoms. The van der Waals surface area contributed by atoms with Gasteiger partial charge in [0.05, 0.1) is 0 Å². The second-order valence-corrected chi connectivity index (χ2v) is 5.39. The number of nitrogens with zero attached hydrogens (tertiary/aromatic N) is 1. The third-order valence-electron chi connectivity index (χ3n) is 3.88. The summed E-state index contributed by atoms with van der Waals surface area (Å²) in [6.45, 7) is 6.17. The Kier molecular flexibility index (Phi) is 3.45. The highest BCUT2D eigenvalue weighted by Gasteiger charge is 2.29. The molecule has 2 nitrogen and oxygen atoms in total. The summed E-state index contributed by atoms with van der Waals surface area (Å²) in [5.41, 5.74) is 0. The Morgan fingerprint density at radius 3 is 2.07 bits per heavy atom. The van der Waals surface area contributed by atoms with Crippen LogP contribution in [0.1, 0.15) is 32.6 Å². The van der Waals surface area contributed by atoms with Crippen LogP contribution in [-0.2, 0) is 0 Å². The summed E-state index contributed by atoms with van der Waals surface area (Å²) >= 11 is 0. The van der Waals surface area contributed by atoms with E-state index in [-0.39, 0.29) is 0 Å². The summed E-state index contributed by atoms with van der Waals surface area (Å²) in [4.78, 5) is 2.59. The van der Waals surface area contributed by atoms with Crippen molar-refractivity contribution in [2.75, 3.05) is 26.2 Å². The highest BCUT2D eigenvalue weighted by molar-refractivity contribution is 4.82. The van der Waals surface area contributed by atoms with Crippen molar-refractivity contribution in [1.29, 1.82) is 0 Å². The van der Waals surface area contributed by atoms with Gasteiger partial charge in [-0.25, -0.2) is 0 Å². The van der Waals surface area contributed by atoms with E-state index in [4.69, 9.17) is 5.11 Å². The number of aliphatic hydroxyl groups is 1. The molecule has 1 unspecified atom stereocenters. The zero-order chi connectivity index (χ0) is 9.97. The standard InChI is InChI=1S/C12H23NO/c1-10(9-14)6-13-7-11-2-3-12(8-13)5-4-11/h10-12,14H,2-9H2,1H3. The van der Waals surface area contributed by atoms with Crippen molar-refractivity contribution in [3.63, 3.8) is 0 Å². The molecule has 0 aromatic heterocycles. The molecular formula is C12H23NO. The van der Waals surface area contributed by atoms with Crippen molar-refractivity contribution < 1.29 is 5.11 Å². The van der Waals surface area contributed by atoms with E-state index < -0.39 is 0 Å². The Balaban J connectivity index is 1.87. The summed E-state index contributed by atoms with van der Waals surface area (Å²) in [5, 5.41) is 9.06. The minimum Gasteiger partial charge on any atom is -0.396 e. The Morgan fingerprint density at radius 1 is 1.14 bits per heavy atom. The molecule has 2 bridgehead atoms. The molecule has 1 N–H and O–H groups in total. The van der Waals surface area contributed by atoms with E-state index >= 15 is 0 Å². The van der Waals surface area contributed by atoms with Gasteiger partial charge in [-0.05, 0) is 43.4 Å². The van der Waals surface area contributed by atoms with E-state index in [1.54, 1.807) is 0 Å². The zero-order valence-corrected chi connectivity index (χ0v) is 9.28. The lowest BCUT2D eigenvalue weighted by Gasteiger charge is -2.24. The van der Waals surface area contributed by atoms with Crippen LogP contribution in [0.2, 0.25) is 0 Å². The lowest BCUT2D eigenvalue weighted by atomic mass is 9.84. The maximum atomic E-state index is 9.06. The number of rotatable bonds is 3. The maximum absolute atomic E-state index is 9.06. The third kappa shape index (κ3) is 2.48. The molecule has 3 fully saturated rings. The van der Waals surface area contributed by atoms with Crippen molar-refractivity contribution >= 4 is 0 Å². The van der Waals surface area contributed by atoms with Gasteiger partial charge in [0.15, 0.2) is 0 Å². The van der Waals surface area contributed by atoms with Gasteiger partial charge >= 0.3 is 0 Å². The molecule has 82 valence electrons. The SMILES string of the molecule is CC(CO)CN1CC2CCC(CC2)C1. The lowest BCUT2D eigenvalue weighted by molar-refractivity contribution is 0.165. The fraction of sp³-hybridized carbons (Fsp3) is 1.00. The van der Waals surface area contributed by atoms with Crippen LogP contribution in [0.5, 0.6) is 0 Å². The second-order valence-electron chi connectivity index (χ2n) is 5.39. The Bertz CT molecular complexity index is 161. The first-order chi connectivity index (χ1) is 6.78. The first-order valence-corrected chi connectivity index (χ1v) is 6.11. The predicted octanol–water partition coefficient (Wildman–Crippen LogP) is 1.74. The molecule has 1 aliphatic carbocycles. The first kappa shape index (κ1) is 10.4. The molecular weight excluding hydrogens is 174 g/mol. The van der Waals surface area contributed by atoms with Crippen LogP contribution in [0.25, 0.3) is 0 Å². The monoisotopic (exact) mass is 197 g/mol. The molecule has 2 heteroatoms. The van der Waals surface area contributed by atoms with Gasteiger partial charge in [0, 0.05) is 26.2 Å². The zero-order valence-electron chi connectivity index (χ0n) is 9.28. The third-order valence-corrected chi connectivity index (χ3v) is 3.88. The summed E-state index contributed by atoms with van der Waals surface area (Å²) in [6, 6.07) is 0. The molecule has 0 amide bonds. The molecule has 2 aliphatic heterocycles. The Labute approximate surface area is 87.3 Å². The van der Waals surface area contributed by atoms with Gasteiger partial charge < -0.3 is 10.0 Å². The maximum Gasteiger partial charge on any atom is 0.0468 e. The van der Waals surface area contributed by atoms with E-state index in [2.05, 4.69) is 11.8 Å². The number of hydrogen-bond donors (Lipinski definition) is 1. The highest BCUT2D eigenvalue weighted by atomic mass is 16.3. The largest absolute Gasteiger partial charge is 0.396 e. The summed E-state index contributed by atoms with van der Waals surface area (Å²) in [5.74, 6) is 2.37. The van der Waals surface area contributed by atoms with Gasteiger partial charge in [0.25, 0.3) is 0 Å². The molecule has 0 aromatic rings. The number of hydrogen-bond acceptors (Lipinski definition) is 2. The lowest BCUT2D eigenvalue weighted by Crippen LogP contribution is -2.33. The molecule has 0 spiro atoms. The van der Waals surface area contributed by atoms with Gasteiger partial charge in [-0.15, -0.1) is 0 Å². The van der Waals surface area contributed by atoms with Crippen LogP contribution >= 0.6 is 0 Å². The smallest absolute Gasteiger partial charge is 0.0468 e. The highest BCUT2D eigenvalue weighted by Crippen LogP contribution is 2.33. The molecule has 2 heterocycles. The molecule has 3 rings (SSSR count). The van der Waals surface area contributed by atoms with Crippen molar-refractivity contribution in [3.05, 3.63) is 0 Å². The van der Waals surface area contributed by atoms with Gasteiger partial charge in [-0.3, -0.25) is 0 Å². The summed E-state index contributed by atoms with van der Waals surface area (Å²) in [7, 11) is 0. The fourth-order valence-electron chi connectivity index (χ4n) is 3.05. The first-order valence-electron chi connectivity index (χ1n) is 6.11. The van der Waals surface area contributed by atoms with Gasteiger partial charge in [0.1, 0.15) is 0 Å². The summed E-state index contributed by atoms with van der Waals surface area (Å²) < 4.78 is 0. The predicted molar refractivity (Wildman–Crippen MR) is 58.1 cm³/mol. The summed E-state index contributed by atoms with van der Waals surface area (Å²) in [6.07, 6.45) is 5.81. The number of aliphatic hydroxyl groups excluding tert-OH is 1. The van der Waals surface area contributed by atoms with E-state index in [0.29, 0.717) is 12.5 Å². The normalized spacial score (nSPS) is 35.6. The van der Waals surface area contributed by atoms with E-state index in [9.17, 15) is 0 Å². The van der Waals surface area contributed by atoms with Crippen LogP contribution in [0.4, 0.5) is 0 Å². The molecule has 0 radical (unpaired) electrons.